The van der Waals surface area contributed by atoms with Gasteiger partial charge in [0.2, 0.25) is 5.95 Å². The van der Waals surface area contributed by atoms with Gasteiger partial charge in [-0.05, 0) is 30.9 Å². The van der Waals surface area contributed by atoms with Crippen molar-refractivity contribution in [2.75, 3.05) is 24.6 Å². The molecule has 1 aliphatic heterocycles. The van der Waals surface area contributed by atoms with Gasteiger partial charge < -0.3 is 10.0 Å². The average Bonchev–Trinajstić information content (AvgIpc) is 2.67. The summed E-state index contributed by atoms with van der Waals surface area (Å²) in [6, 6.07) is 4.85. The smallest absolute Gasteiger partial charge is 0.214 e. The Bertz CT molecular complexity index is 332. The van der Waals surface area contributed by atoms with Crippen molar-refractivity contribution in [1.82, 2.24) is 4.98 Å². The average molecular weight is 210 g/mol. The maximum Gasteiger partial charge on any atom is 0.214 e. The van der Waals surface area contributed by atoms with Crippen molar-refractivity contribution < 1.29 is 9.50 Å². The highest BCUT2D eigenvalue weighted by Crippen LogP contribution is 2.23. The van der Waals surface area contributed by atoms with Crippen LogP contribution >= 0.6 is 0 Å². The molecule has 15 heavy (non-hydrogen) atoms. The number of halogens is 1. The number of aliphatic hydroxyl groups excluding tert-OH is 1. The lowest BCUT2D eigenvalue weighted by atomic mass is 10.1. The second-order valence-electron chi connectivity index (χ2n) is 3.93. The van der Waals surface area contributed by atoms with Crippen LogP contribution < -0.4 is 4.90 Å². The van der Waals surface area contributed by atoms with E-state index >= 15 is 0 Å². The summed E-state index contributed by atoms with van der Waals surface area (Å²) in [5.41, 5.74) is 0. The van der Waals surface area contributed by atoms with Crippen molar-refractivity contribution in [3.63, 3.8) is 0 Å². The Kier molecular flexibility index (Phi) is 3.16. The fraction of sp³-hybridized carbons (Fsp3) is 0.545. The monoisotopic (exact) mass is 210 g/mol. The van der Waals surface area contributed by atoms with E-state index in [0.29, 0.717) is 11.7 Å². The van der Waals surface area contributed by atoms with Crippen molar-refractivity contribution in [2.45, 2.75) is 12.8 Å². The summed E-state index contributed by atoms with van der Waals surface area (Å²) < 4.78 is 12.9. The van der Waals surface area contributed by atoms with E-state index in [1.807, 2.05) is 6.07 Å². The van der Waals surface area contributed by atoms with E-state index in [-0.39, 0.29) is 6.61 Å². The fourth-order valence-electron chi connectivity index (χ4n) is 2.03. The number of rotatable bonds is 3. The summed E-state index contributed by atoms with van der Waals surface area (Å²) in [6.45, 7) is 2.01. The molecule has 1 aromatic rings. The third-order valence-electron chi connectivity index (χ3n) is 2.85. The van der Waals surface area contributed by atoms with Crippen molar-refractivity contribution in [3.05, 3.63) is 24.1 Å². The lowest BCUT2D eigenvalue weighted by Gasteiger charge is -2.16. The van der Waals surface area contributed by atoms with Crippen LogP contribution in [0.1, 0.15) is 12.8 Å². The van der Waals surface area contributed by atoms with Crippen LogP contribution in [0.3, 0.4) is 0 Å². The minimum absolute atomic E-state index is 0.231. The normalized spacial score (nSPS) is 20.9. The van der Waals surface area contributed by atoms with E-state index in [2.05, 4.69) is 9.88 Å². The van der Waals surface area contributed by atoms with Gasteiger partial charge in [0.05, 0.1) is 0 Å². The van der Waals surface area contributed by atoms with Crippen LogP contribution in [0.5, 0.6) is 0 Å². The standard InChI is InChI=1S/C11H15FN2O/c12-10-2-1-3-11(13-10)14-6-4-9(8-14)5-7-15/h1-3,9,15H,4-8H2. The van der Waals surface area contributed by atoms with Crippen molar-refractivity contribution in [1.29, 1.82) is 0 Å². The Labute approximate surface area is 88.6 Å². The number of aromatic nitrogens is 1. The van der Waals surface area contributed by atoms with Gasteiger partial charge in [-0.3, -0.25) is 0 Å². The maximum atomic E-state index is 12.9. The zero-order valence-corrected chi connectivity index (χ0v) is 8.56. The number of hydrogen-bond acceptors (Lipinski definition) is 3. The highest BCUT2D eigenvalue weighted by Gasteiger charge is 2.22. The predicted octanol–water partition coefficient (Wildman–Crippen LogP) is 1.43. The molecule has 1 fully saturated rings. The molecule has 0 aliphatic carbocycles. The highest BCUT2D eigenvalue weighted by molar-refractivity contribution is 5.39. The molecule has 0 spiro atoms. The maximum absolute atomic E-state index is 12.9. The summed E-state index contributed by atoms with van der Waals surface area (Å²) in [6.07, 6.45) is 1.88. The summed E-state index contributed by atoms with van der Waals surface area (Å²) in [4.78, 5) is 5.92. The van der Waals surface area contributed by atoms with Crippen LogP contribution in [0.25, 0.3) is 0 Å². The fourth-order valence-corrected chi connectivity index (χ4v) is 2.03. The van der Waals surface area contributed by atoms with Gasteiger partial charge in [0.15, 0.2) is 0 Å². The molecule has 1 saturated heterocycles. The van der Waals surface area contributed by atoms with Crippen LogP contribution in [0.15, 0.2) is 18.2 Å². The van der Waals surface area contributed by atoms with Crippen LogP contribution in [0.2, 0.25) is 0 Å². The van der Waals surface area contributed by atoms with E-state index in [4.69, 9.17) is 5.11 Å². The summed E-state index contributed by atoms with van der Waals surface area (Å²) in [5.74, 6) is 0.786. The van der Waals surface area contributed by atoms with E-state index in [9.17, 15) is 4.39 Å². The first-order valence-electron chi connectivity index (χ1n) is 5.28. The van der Waals surface area contributed by atoms with Gasteiger partial charge in [-0.15, -0.1) is 0 Å². The Hall–Kier alpha value is -1.16. The van der Waals surface area contributed by atoms with Crippen molar-refractivity contribution in [2.24, 2.45) is 5.92 Å². The number of pyridine rings is 1. The minimum Gasteiger partial charge on any atom is -0.396 e. The molecular formula is C11H15FN2O. The summed E-state index contributed by atoms with van der Waals surface area (Å²) >= 11 is 0. The molecule has 1 aromatic heterocycles. The Morgan fingerprint density at radius 1 is 1.53 bits per heavy atom. The number of aliphatic hydroxyl groups is 1. The zero-order valence-electron chi connectivity index (χ0n) is 8.56. The molecule has 1 unspecified atom stereocenters. The third-order valence-corrected chi connectivity index (χ3v) is 2.85. The van der Waals surface area contributed by atoms with Crippen molar-refractivity contribution in [3.8, 4) is 0 Å². The first-order valence-corrected chi connectivity index (χ1v) is 5.28. The number of anilines is 1. The minimum atomic E-state index is -0.432. The van der Waals surface area contributed by atoms with Gasteiger partial charge >= 0.3 is 0 Å². The molecule has 0 saturated carbocycles. The van der Waals surface area contributed by atoms with Crippen LogP contribution in [0, 0.1) is 11.9 Å². The van der Waals surface area contributed by atoms with Gasteiger partial charge in [0.25, 0.3) is 0 Å². The highest BCUT2D eigenvalue weighted by atomic mass is 19.1. The second-order valence-corrected chi connectivity index (χ2v) is 3.93. The molecule has 82 valence electrons. The topological polar surface area (TPSA) is 36.4 Å². The largest absolute Gasteiger partial charge is 0.396 e. The van der Waals surface area contributed by atoms with Gasteiger partial charge in [-0.25, -0.2) is 4.98 Å². The van der Waals surface area contributed by atoms with Gasteiger partial charge in [0, 0.05) is 19.7 Å². The molecule has 2 rings (SSSR count). The molecule has 2 heterocycles. The number of nitrogens with zero attached hydrogens (tertiary/aromatic N) is 2. The molecule has 1 aliphatic rings. The summed E-state index contributed by atoms with van der Waals surface area (Å²) in [5, 5.41) is 8.83. The second kappa shape index (κ2) is 4.57. The van der Waals surface area contributed by atoms with Crippen LogP contribution in [0.4, 0.5) is 10.2 Å². The lowest BCUT2D eigenvalue weighted by molar-refractivity contribution is 0.263. The molecular weight excluding hydrogens is 195 g/mol. The Morgan fingerprint density at radius 3 is 3.13 bits per heavy atom. The van der Waals surface area contributed by atoms with E-state index in [1.54, 1.807) is 6.07 Å². The van der Waals surface area contributed by atoms with E-state index < -0.39 is 5.95 Å². The first-order chi connectivity index (χ1) is 7.29. The van der Waals surface area contributed by atoms with Gasteiger partial charge in [0.1, 0.15) is 5.82 Å². The SMILES string of the molecule is OCCC1CCN(c2cccc(F)n2)C1. The lowest BCUT2D eigenvalue weighted by Crippen LogP contribution is -2.21. The first kappa shape index (κ1) is 10.4. The van der Waals surface area contributed by atoms with Gasteiger partial charge in [-0.1, -0.05) is 6.07 Å². The molecule has 0 radical (unpaired) electrons. The predicted molar refractivity (Wildman–Crippen MR) is 56.2 cm³/mol. The molecule has 0 amide bonds. The molecule has 0 bridgehead atoms. The van der Waals surface area contributed by atoms with Crippen LogP contribution in [-0.2, 0) is 0 Å². The number of hydrogen-bond donors (Lipinski definition) is 1. The Morgan fingerprint density at radius 2 is 2.40 bits per heavy atom. The molecule has 1 N–H and O–H groups in total. The van der Waals surface area contributed by atoms with Crippen molar-refractivity contribution >= 4 is 5.82 Å². The van der Waals surface area contributed by atoms with E-state index in [0.717, 1.165) is 25.9 Å². The van der Waals surface area contributed by atoms with Crippen LogP contribution in [-0.4, -0.2) is 29.8 Å². The molecule has 0 aromatic carbocycles. The van der Waals surface area contributed by atoms with Gasteiger partial charge in [-0.2, -0.15) is 4.39 Å². The van der Waals surface area contributed by atoms with E-state index in [1.165, 1.54) is 6.07 Å². The third kappa shape index (κ3) is 2.45. The molecule has 4 heteroatoms. The Balaban J connectivity index is 2.01. The molecule has 1 atom stereocenters. The quantitative estimate of drug-likeness (QED) is 0.767. The molecule has 3 nitrogen and oxygen atoms in total. The summed E-state index contributed by atoms with van der Waals surface area (Å²) in [7, 11) is 0. The zero-order chi connectivity index (χ0) is 10.7.